The molecule has 100 valence electrons. The van der Waals surface area contributed by atoms with Crippen LogP contribution < -0.4 is 0 Å². The molecule has 0 saturated heterocycles. The molecule has 6 heteroatoms. The van der Waals surface area contributed by atoms with E-state index >= 15 is 0 Å². The Labute approximate surface area is 107 Å². The molecule has 0 aliphatic heterocycles. The summed E-state index contributed by atoms with van der Waals surface area (Å²) in [6.07, 6.45) is 0.156. The molecular formula is C12H17NO4S. The Bertz CT molecular complexity index is 503. The lowest BCUT2D eigenvalue weighted by atomic mass is 10.0. The smallest absolute Gasteiger partial charge is 0.309 e. The van der Waals surface area contributed by atoms with Crippen molar-refractivity contribution in [3.63, 3.8) is 0 Å². The predicted octanol–water partition coefficient (Wildman–Crippen LogP) is 1.21. The Morgan fingerprint density at radius 1 is 1.61 bits per heavy atom. The summed E-state index contributed by atoms with van der Waals surface area (Å²) >= 11 is 0. The van der Waals surface area contributed by atoms with E-state index in [-0.39, 0.29) is 25.2 Å². The third-order valence-corrected chi connectivity index (χ3v) is 5.68. The van der Waals surface area contributed by atoms with E-state index in [0.29, 0.717) is 5.57 Å². The van der Waals surface area contributed by atoms with Crippen LogP contribution in [0.3, 0.4) is 0 Å². The monoisotopic (exact) mass is 271 g/mol. The molecule has 1 rings (SSSR count). The Morgan fingerprint density at radius 3 is 2.67 bits per heavy atom. The van der Waals surface area contributed by atoms with Gasteiger partial charge >= 0.3 is 5.97 Å². The summed E-state index contributed by atoms with van der Waals surface area (Å²) < 4.78 is 27.4. The van der Waals surface area contributed by atoms with Crippen LogP contribution in [0.5, 0.6) is 0 Å². The maximum absolute atomic E-state index is 12.1. The Kier molecular flexibility index (Phi) is 4.17. The van der Waals surface area contributed by atoms with Crippen molar-refractivity contribution in [3.8, 4) is 6.07 Å². The molecule has 0 aromatic rings. The third-order valence-electron chi connectivity index (χ3n) is 3.31. The molecule has 1 aliphatic rings. The first kappa shape index (κ1) is 14.7. The maximum atomic E-state index is 12.1. The van der Waals surface area contributed by atoms with E-state index in [0.717, 1.165) is 0 Å². The molecule has 0 bridgehead atoms. The zero-order chi connectivity index (χ0) is 14.0. The fourth-order valence-corrected chi connectivity index (χ4v) is 3.85. The lowest BCUT2D eigenvalue weighted by molar-refractivity contribution is -0.147. The van der Waals surface area contributed by atoms with Crippen LogP contribution in [0.25, 0.3) is 0 Å². The largest absolute Gasteiger partial charge is 0.466 e. The molecule has 1 fully saturated rings. The van der Waals surface area contributed by atoms with Gasteiger partial charge in [0, 0.05) is 5.75 Å². The lowest BCUT2D eigenvalue weighted by Gasteiger charge is -2.21. The highest BCUT2D eigenvalue weighted by atomic mass is 32.2. The van der Waals surface area contributed by atoms with Gasteiger partial charge < -0.3 is 4.74 Å². The fraction of sp³-hybridized carbons (Fsp3) is 0.667. The summed E-state index contributed by atoms with van der Waals surface area (Å²) in [6.45, 7) is 7.08. The Balaban J connectivity index is 3.10. The zero-order valence-electron chi connectivity index (χ0n) is 10.6. The second-order valence-corrected chi connectivity index (χ2v) is 6.81. The van der Waals surface area contributed by atoms with E-state index in [1.54, 1.807) is 6.92 Å². The summed E-state index contributed by atoms with van der Waals surface area (Å²) in [5, 5.41) is 9.24. The molecule has 0 spiro atoms. The van der Waals surface area contributed by atoms with E-state index < -0.39 is 26.5 Å². The highest BCUT2D eigenvalue weighted by Crippen LogP contribution is 2.44. The van der Waals surface area contributed by atoms with Gasteiger partial charge in [0.05, 0.1) is 18.6 Å². The standard InChI is InChI=1S/C12H17NO4S/c1-4-17-11(14)10-6-9(3)12(7-10,8-13)18(15,16)5-2/h10H,3-7H2,1-2H3/t10-,12-/m0/s1. The number of sulfone groups is 1. The number of rotatable bonds is 4. The van der Waals surface area contributed by atoms with E-state index in [1.165, 1.54) is 6.92 Å². The van der Waals surface area contributed by atoms with E-state index in [1.807, 2.05) is 6.07 Å². The van der Waals surface area contributed by atoms with Crippen molar-refractivity contribution < 1.29 is 17.9 Å². The Hall–Kier alpha value is -1.35. The van der Waals surface area contributed by atoms with E-state index in [9.17, 15) is 18.5 Å². The maximum Gasteiger partial charge on any atom is 0.309 e. The molecular weight excluding hydrogens is 254 g/mol. The minimum absolute atomic E-state index is 0.0443. The average molecular weight is 271 g/mol. The summed E-state index contributed by atoms with van der Waals surface area (Å²) in [5.74, 6) is -1.18. The first-order chi connectivity index (χ1) is 8.34. The van der Waals surface area contributed by atoms with Crippen molar-refractivity contribution in [2.75, 3.05) is 12.4 Å². The summed E-state index contributed by atoms with van der Waals surface area (Å²) in [7, 11) is -3.61. The predicted molar refractivity (Wildman–Crippen MR) is 66.3 cm³/mol. The number of hydrogen-bond donors (Lipinski definition) is 0. The molecule has 0 aromatic heterocycles. The van der Waals surface area contributed by atoms with Crippen LogP contribution in [0.4, 0.5) is 0 Å². The number of nitriles is 1. The van der Waals surface area contributed by atoms with Crippen molar-refractivity contribution in [1.29, 1.82) is 5.26 Å². The highest BCUT2D eigenvalue weighted by molar-refractivity contribution is 7.93. The van der Waals surface area contributed by atoms with Crippen LogP contribution in [0.15, 0.2) is 12.2 Å². The van der Waals surface area contributed by atoms with Crippen molar-refractivity contribution in [1.82, 2.24) is 0 Å². The van der Waals surface area contributed by atoms with Crippen molar-refractivity contribution in [2.24, 2.45) is 5.92 Å². The number of hydrogen-bond acceptors (Lipinski definition) is 5. The second kappa shape index (κ2) is 5.11. The molecule has 0 radical (unpaired) electrons. The molecule has 18 heavy (non-hydrogen) atoms. The minimum atomic E-state index is -3.61. The Morgan fingerprint density at radius 2 is 2.22 bits per heavy atom. The second-order valence-electron chi connectivity index (χ2n) is 4.30. The van der Waals surface area contributed by atoms with Gasteiger partial charge in [-0.15, -0.1) is 0 Å². The first-order valence-corrected chi connectivity index (χ1v) is 7.48. The van der Waals surface area contributed by atoms with Gasteiger partial charge in [0.15, 0.2) is 14.6 Å². The van der Waals surface area contributed by atoms with Crippen LogP contribution in [0, 0.1) is 17.2 Å². The van der Waals surface area contributed by atoms with Gasteiger partial charge in [0.25, 0.3) is 0 Å². The van der Waals surface area contributed by atoms with E-state index in [2.05, 4.69) is 6.58 Å². The topological polar surface area (TPSA) is 84.2 Å². The molecule has 0 aromatic carbocycles. The van der Waals surface area contributed by atoms with Gasteiger partial charge in [-0.1, -0.05) is 13.5 Å². The molecule has 2 atom stereocenters. The number of ether oxygens (including phenoxy) is 1. The third kappa shape index (κ3) is 2.15. The zero-order valence-corrected chi connectivity index (χ0v) is 11.4. The van der Waals surface area contributed by atoms with Gasteiger partial charge in [0.2, 0.25) is 0 Å². The van der Waals surface area contributed by atoms with Gasteiger partial charge in [-0.2, -0.15) is 5.26 Å². The molecule has 1 saturated carbocycles. The average Bonchev–Trinajstić information content (AvgIpc) is 2.68. The van der Waals surface area contributed by atoms with Crippen LogP contribution >= 0.6 is 0 Å². The molecule has 0 unspecified atom stereocenters. The van der Waals surface area contributed by atoms with Gasteiger partial charge in [-0.25, -0.2) is 8.42 Å². The molecule has 0 heterocycles. The van der Waals surface area contributed by atoms with Crippen molar-refractivity contribution in [2.45, 2.75) is 31.4 Å². The molecule has 1 aliphatic carbocycles. The van der Waals surface area contributed by atoms with Crippen LogP contribution in [-0.4, -0.2) is 31.5 Å². The number of carbonyl (C=O) groups is 1. The van der Waals surface area contributed by atoms with E-state index in [4.69, 9.17) is 4.74 Å². The van der Waals surface area contributed by atoms with Crippen LogP contribution in [0.1, 0.15) is 26.7 Å². The van der Waals surface area contributed by atoms with Gasteiger partial charge in [-0.05, 0) is 25.3 Å². The fourth-order valence-electron chi connectivity index (χ4n) is 2.24. The number of nitrogens with zero attached hydrogens (tertiary/aromatic N) is 1. The SMILES string of the molecule is C=C1C[C@H](C(=O)OCC)C[C@@]1(C#N)S(=O)(=O)CC. The highest BCUT2D eigenvalue weighted by Gasteiger charge is 2.54. The number of carbonyl (C=O) groups excluding carboxylic acids is 1. The summed E-state index contributed by atoms with van der Waals surface area (Å²) in [5.41, 5.74) is 0.296. The summed E-state index contributed by atoms with van der Waals surface area (Å²) in [4.78, 5) is 11.6. The molecule has 0 N–H and O–H groups in total. The van der Waals surface area contributed by atoms with Crippen LogP contribution in [0.2, 0.25) is 0 Å². The number of esters is 1. The normalized spacial score (nSPS) is 27.8. The van der Waals surface area contributed by atoms with Gasteiger partial charge in [0.1, 0.15) is 0 Å². The van der Waals surface area contributed by atoms with Crippen molar-refractivity contribution in [3.05, 3.63) is 12.2 Å². The van der Waals surface area contributed by atoms with Crippen LogP contribution in [-0.2, 0) is 19.4 Å². The van der Waals surface area contributed by atoms with Gasteiger partial charge in [-0.3, -0.25) is 4.79 Å². The molecule has 0 amide bonds. The quantitative estimate of drug-likeness (QED) is 0.567. The summed E-state index contributed by atoms with van der Waals surface area (Å²) in [6, 6.07) is 1.85. The lowest BCUT2D eigenvalue weighted by Crippen LogP contribution is -2.37. The molecule has 5 nitrogen and oxygen atoms in total. The van der Waals surface area contributed by atoms with Crippen molar-refractivity contribution >= 4 is 15.8 Å². The minimum Gasteiger partial charge on any atom is -0.466 e. The first-order valence-electron chi connectivity index (χ1n) is 5.83.